The van der Waals surface area contributed by atoms with Gasteiger partial charge in [-0.25, -0.2) is 9.78 Å². The lowest BCUT2D eigenvalue weighted by Crippen LogP contribution is -2.29. The quantitative estimate of drug-likeness (QED) is 0.443. The maximum absolute atomic E-state index is 13.4. The van der Waals surface area contributed by atoms with Crippen molar-refractivity contribution >= 4 is 22.6 Å². The molecule has 6 nitrogen and oxygen atoms in total. The Morgan fingerprint density at radius 1 is 1.06 bits per heavy atom. The van der Waals surface area contributed by atoms with E-state index in [1.807, 2.05) is 72.8 Å². The van der Waals surface area contributed by atoms with Crippen LogP contribution in [0, 0.1) is 0 Å². The van der Waals surface area contributed by atoms with E-state index in [0.717, 1.165) is 33.3 Å². The third-order valence-corrected chi connectivity index (χ3v) is 5.41. The first kappa shape index (κ1) is 18.8. The fourth-order valence-electron chi connectivity index (χ4n) is 3.78. The summed E-state index contributed by atoms with van der Waals surface area (Å²) in [7, 11) is 1.63. The van der Waals surface area contributed by atoms with Crippen LogP contribution in [0.5, 0.6) is 5.75 Å². The predicted octanol–water partition coefficient (Wildman–Crippen LogP) is 3.83. The molecule has 0 unspecified atom stereocenters. The SMILES string of the molecule is C=Cc1ccc(Cn2c(=O)n3nc(-c4cccc(OC)c4)[nH+]c3c3ccccc32)cc1. The number of ether oxygens (including phenoxy) is 1. The summed E-state index contributed by atoms with van der Waals surface area (Å²) >= 11 is 0. The Labute approximate surface area is 178 Å². The summed E-state index contributed by atoms with van der Waals surface area (Å²) in [4.78, 5) is 16.8. The number of rotatable bonds is 5. The third kappa shape index (κ3) is 3.28. The number of hydrogen-bond acceptors (Lipinski definition) is 3. The Morgan fingerprint density at radius 2 is 1.87 bits per heavy atom. The van der Waals surface area contributed by atoms with Gasteiger partial charge in [-0.1, -0.05) is 55.1 Å². The summed E-state index contributed by atoms with van der Waals surface area (Å²) in [6.07, 6.45) is 1.80. The second kappa shape index (κ2) is 7.57. The average Bonchev–Trinajstić information content (AvgIpc) is 3.28. The van der Waals surface area contributed by atoms with Gasteiger partial charge in [0, 0.05) is 0 Å². The molecule has 0 aliphatic rings. The molecule has 0 aliphatic carbocycles. The van der Waals surface area contributed by atoms with Gasteiger partial charge in [-0.3, -0.25) is 4.57 Å². The first-order valence-corrected chi connectivity index (χ1v) is 9.97. The first-order valence-electron chi connectivity index (χ1n) is 9.97. The predicted molar refractivity (Wildman–Crippen MR) is 121 cm³/mol. The van der Waals surface area contributed by atoms with E-state index >= 15 is 0 Å². The zero-order chi connectivity index (χ0) is 21.4. The molecule has 152 valence electrons. The molecule has 6 heteroatoms. The van der Waals surface area contributed by atoms with Gasteiger partial charge in [0.05, 0.1) is 35.2 Å². The third-order valence-electron chi connectivity index (χ3n) is 5.41. The molecule has 0 saturated heterocycles. The number of nitrogens with one attached hydrogen (secondary N) is 1. The number of methoxy groups -OCH3 is 1. The summed E-state index contributed by atoms with van der Waals surface area (Å²) in [5.41, 5.74) is 4.23. The highest BCUT2D eigenvalue weighted by atomic mass is 16.5. The largest absolute Gasteiger partial charge is 0.497 e. The van der Waals surface area contributed by atoms with E-state index in [0.29, 0.717) is 18.0 Å². The van der Waals surface area contributed by atoms with Crippen molar-refractivity contribution in [1.82, 2.24) is 14.2 Å². The van der Waals surface area contributed by atoms with Gasteiger partial charge in [-0.15, -0.1) is 0 Å². The molecule has 1 N–H and O–H groups in total. The maximum Gasteiger partial charge on any atom is 0.423 e. The van der Waals surface area contributed by atoms with E-state index in [1.165, 1.54) is 4.52 Å². The second-order valence-corrected chi connectivity index (χ2v) is 7.30. The summed E-state index contributed by atoms with van der Waals surface area (Å²) in [6, 6.07) is 23.5. The van der Waals surface area contributed by atoms with Crippen LogP contribution in [0.2, 0.25) is 0 Å². The van der Waals surface area contributed by atoms with Crippen molar-refractivity contribution in [2.45, 2.75) is 6.54 Å². The van der Waals surface area contributed by atoms with Crippen molar-refractivity contribution in [2.75, 3.05) is 7.11 Å². The second-order valence-electron chi connectivity index (χ2n) is 7.30. The number of H-pyrrole nitrogens is 1. The normalized spacial score (nSPS) is 11.1. The summed E-state index contributed by atoms with van der Waals surface area (Å²) in [5, 5.41) is 5.52. The molecule has 3 aromatic carbocycles. The van der Waals surface area contributed by atoms with Gasteiger partial charge in [-0.2, -0.15) is 0 Å². The molecule has 0 saturated carbocycles. The molecule has 31 heavy (non-hydrogen) atoms. The van der Waals surface area contributed by atoms with Crippen LogP contribution in [0.15, 0.2) is 84.2 Å². The molecule has 2 aromatic heterocycles. The standard InChI is InChI=1S/C25H20N4O2/c1-3-17-11-13-18(14-12-17)16-28-22-10-5-4-9-21(22)24-26-23(27-29(24)25(28)30)19-7-6-8-20(15-19)31-2/h3-15H,1,16H2,2H3/p+1. The van der Waals surface area contributed by atoms with E-state index in [9.17, 15) is 4.79 Å². The van der Waals surface area contributed by atoms with Crippen LogP contribution in [0.25, 0.3) is 34.0 Å². The van der Waals surface area contributed by atoms with Crippen molar-refractivity contribution in [3.05, 3.63) is 101 Å². The Morgan fingerprint density at radius 3 is 2.65 bits per heavy atom. The summed E-state index contributed by atoms with van der Waals surface area (Å²) in [6.45, 7) is 4.24. The van der Waals surface area contributed by atoms with Gasteiger partial charge in [0.25, 0.3) is 5.65 Å². The number of aromatic amines is 1. The van der Waals surface area contributed by atoms with Crippen LogP contribution < -0.4 is 15.4 Å². The minimum atomic E-state index is -0.202. The number of hydrogen-bond donors (Lipinski definition) is 0. The van der Waals surface area contributed by atoms with Crippen molar-refractivity contribution in [3.63, 3.8) is 0 Å². The zero-order valence-electron chi connectivity index (χ0n) is 17.1. The van der Waals surface area contributed by atoms with Crippen molar-refractivity contribution in [2.24, 2.45) is 0 Å². The highest BCUT2D eigenvalue weighted by Crippen LogP contribution is 2.22. The fraction of sp³-hybridized carbons (Fsp3) is 0.0800. The average molecular weight is 409 g/mol. The number of fused-ring (bicyclic) bond motifs is 3. The Bertz CT molecular complexity index is 1480. The van der Waals surface area contributed by atoms with Gasteiger partial charge in [0.1, 0.15) is 5.75 Å². The molecule has 0 amide bonds. The van der Waals surface area contributed by atoms with Crippen LogP contribution in [0.1, 0.15) is 11.1 Å². The van der Waals surface area contributed by atoms with Gasteiger partial charge < -0.3 is 4.74 Å². The number of aromatic nitrogens is 4. The van der Waals surface area contributed by atoms with Crippen LogP contribution in [-0.4, -0.2) is 21.3 Å². The molecule has 0 aliphatic heterocycles. The zero-order valence-corrected chi connectivity index (χ0v) is 17.1. The van der Waals surface area contributed by atoms with Crippen molar-refractivity contribution in [3.8, 4) is 17.1 Å². The first-order chi connectivity index (χ1) is 15.2. The number of benzene rings is 3. The Balaban J connectivity index is 1.71. The number of nitrogens with zero attached hydrogens (tertiary/aromatic N) is 3. The minimum Gasteiger partial charge on any atom is -0.497 e. The molecule has 0 fully saturated rings. The summed E-state index contributed by atoms with van der Waals surface area (Å²) < 4.78 is 8.52. The molecular formula is C25H21N4O2+. The Hall–Kier alpha value is -4.19. The van der Waals surface area contributed by atoms with Crippen LogP contribution >= 0.6 is 0 Å². The van der Waals surface area contributed by atoms with Gasteiger partial charge in [-0.05, 0) is 46.0 Å². The number of para-hydroxylation sites is 1. The molecule has 0 spiro atoms. The molecule has 0 bridgehead atoms. The van der Waals surface area contributed by atoms with Gasteiger partial charge in [0.15, 0.2) is 0 Å². The lowest BCUT2D eigenvalue weighted by atomic mass is 10.1. The fourth-order valence-corrected chi connectivity index (χ4v) is 3.78. The molecule has 2 heterocycles. The van der Waals surface area contributed by atoms with Crippen LogP contribution in [0.3, 0.4) is 0 Å². The van der Waals surface area contributed by atoms with E-state index in [2.05, 4.69) is 16.7 Å². The van der Waals surface area contributed by atoms with Crippen molar-refractivity contribution < 1.29 is 9.72 Å². The summed E-state index contributed by atoms with van der Waals surface area (Å²) in [5.74, 6) is 1.34. The minimum absolute atomic E-state index is 0.202. The lowest BCUT2D eigenvalue weighted by molar-refractivity contribution is -0.331. The van der Waals surface area contributed by atoms with E-state index in [1.54, 1.807) is 17.8 Å². The van der Waals surface area contributed by atoms with Crippen LogP contribution in [-0.2, 0) is 6.54 Å². The highest BCUT2D eigenvalue weighted by Gasteiger charge is 2.22. The van der Waals surface area contributed by atoms with E-state index < -0.39 is 0 Å². The lowest BCUT2D eigenvalue weighted by Gasteiger charge is -2.09. The topological polar surface area (TPSA) is 62.7 Å². The molecule has 0 radical (unpaired) electrons. The molecule has 0 atom stereocenters. The van der Waals surface area contributed by atoms with Gasteiger partial charge >= 0.3 is 11.5 Å². The maximum atomic E-state index is 13.4. The van der Waals surface area contributed by atoms with Gasteiger partial charge in [0.2, 0.25) is 0 Å². The van der Waals surface area contributed by atoms with E-state index in [-0.39, 0.29) is 5.69 Å². The molecule has 5 rings (SSSR count). The molecular weight excluding hydrogens is 388 g/mol. The van der Waals surface area contributed by atoms with Crippen molar-refractivity contribution in [1.29, 1.82) is 0 Å². The molecule has 5 aromatic rings. The highest BCUT2D eigenvalue weighted by molar-refractivity contribution is 5.90. The Kier molecular flexibility index (Phi) is 4.59. The monoisotopic (exact) mass is 409 g/mol. The smallest absolute Gasteiger partial charge is 0.423 e. The van der Waals surface area contributed by atoms with E-state index in [4.69, 9.17) is 4.74 Å². The van der Waals surface area contributed by atoms with Crippen LogP contribution in [0.4, 0.5) is 0 Å².